The van der Waals surface area contributed by atoms with Crippen molar-refractivity contribution >= 4 is 38.1 Å². The number of hydrogen-bond acceptors (Lipinski definition) is 6. The summed E-state index contributed by atoms with van der Waals surface area (Å²) in [5.41, 5.74) is 0.916. The Balaban J connectivity index is 1.44. The van der Waals surface area contributed by atoms with Gasteiger partial charge in [-0.05, 0) is 43.3 Å². The zero-order valence-corrected chi connectivity index (χ0v) is 18.7. The second-order valence-corrected chi connectivity index (χ2v) is 9.91. The third-order valence-electron chi connectivity index (χ3n) is 5.10. The fourth-order valence-electron chi connectivity index (χ4n) is 3.43. The zero-order valence-electron chi connectivity index (χ0n) is 17.1. The van der Waals surface area contributed by atoms with Crippen LogP contribution >= 0.6 is 11.3 Å². The smallest absolute Gasteiger partial charge is 0.266 e. The highest BCUT2D eigenvalue weighted by atomic mass is 32.2. The quantitative estimate of drug-likeness (QED) is 0.607. The number of benzene rings is 2. The summed E-state index contributed by atoms with van der Waals surface area (Å²) in [6.45, 7) is 3.40. The van der Waals surface area contributed by atoms with E-state index in [-0.39, 0.29) is 21.8 Å². The van der Waals surface area contributed by atoms with Gasteiger partial charge in [-0.1, -0.05) is 23.5 Å². The Hall–Kier alpha value is -3.05. The third kappa shape index (κ3) is 4.58. The Bertz CT molecular complexity index is 1240. The summed E-state index contributed by atoms with van der Waals surface area (Å²) in [6.07, 6.45) is 0. The first kappa shape index (κ1) is 22.2. The third-order valence-corrected chi connectivity index (χ3v) is 7.64. The maximum absolute atomic E-state index is 14.0. The molecule has 0 unspecified atom stereocenters. The molecule has 32 heavy (non-hydrogen) atoms. The van der Waals surface area contributed by atoms with Crippen LogP contribution in [-0.2, 0) is 10.0 Å². The normalized spacial score (nSPS) is 14.5. The van der Waals surface area contributed by atoms with Crippen molar-refractivity contribution in [2.24, 2.45) is 0 Å². The van der Waals surface area contributed by atoms with Crippen LogP contribution in [-0.4, -0.2) is 50.4 Å². The molecule has 1 aromatic heterocycles. The molecule has 1 aliphatic rings. The number of thiazole rings is 1. The van der Waals surface area contributed by atoms with E-state index in [4.69, 9.17) is 0 Å². The number of sulfonamides is 1. The molecule has 0 saturated carbocycles. The first-order valence-corrected chi connectivity index (χ1v) is 12.1. The van der Waals surface area contributed by atoms with Gasteiger partial charge in [-0.25, -0.2) is 22.2 Å². The Morgan fingerprint density at radius 1 is 1.03 bits per heavy atom. The lowest BCUT2D eigenvalue weighted by Crippen LogP contribution is -2.49. The van der Waals surface area contributed by atoms with E-state index < -0.39 is 15.8 Å². The molecule has 3 aromatic rings. The molecule has 0 aliphatic carbocycles. The van der Waals surface area contributed by atoms with Crippen LogP contribution in [0.15, 0.2) is 53.4 Å². The Kier molecular flexibility index (Phi) is 6.11. The molecule has 11 heteroatoms. The first-order chi connectivity index (χ1) is 15.2. The fraction of sp³-hybridized carbons (Fsp3) is 0.238. The van der Waals surface area contributed by atoms with E-state index in [2.05, 4.69) is 9.71 Å². The highest BCUT2D eigenvalue weighted by molar-refractivity contribution is 7.93. The van der Waals surface area contributed by atoms with Gasteiger partial charge in [0.15, 0.2) is 5.13 Å². The van der Waals surface area contributed by atoms with Gasteiger partial charge < -0.3 is 9.80 Å². The average molecular weight is 479 g/mol. The maximum Gasteiger partial charge on any atom is 0.266 e. The Morgan fingerprint density at radius 2 is 1.69 bits per heavy atom. The van der Waals surface area contributed by atoms with E-state index in [9.17, 15) is 22.0 Å². The number of carbonyl (C=O) groups is 1. The number of amides is 1. The van der Waals surface area contributed by atoms with Crippen LogP contribution < -0.4 is 9.62 Å². The molecule has 0 spiro atoms. The van der Waals surface area contributed by atoms with Gasteiger partial charge in [-0.15, -0.1) is 0 Å². The van der Waals surface area contributed by atoms with Crippen LogP contribution in [0.3, 0.4) is 0 Å². The molecule has 2 heterocycles. The van der Waals surface area contributed by atoms with Gasteiger partial charge in [0.25, 0.3) is 15.9 Å². The zero-order chi connectivity index (χ0) is 22.9. The van der Waals surface area contributed by atoms with Crippen molar-refractivity contribution in [1.82, 2.24) is 9.88 Å². The molecule has 4 rings (SSSR count). The molecule has 1 saturated heterocycles. The predicted octanol–water partition coefficient (Wildman–Crippen LogP) is 3.49. The number of aromatic nitrogens is 1. The number of halogens is 2. The van der Waals surface area contributed by atoms with Gasteiger partial charge in [0.2, 0.25) is 0 Å². The molecular weight excluding hydrogens is 458 g/mol. The van der Waals surface area contributed by atoms with Crippen LogP contribution in [0, 0.1) is 18.6 Å². The minimum absolute atomic E-state index is 0.0557. The second kappa shape index (κ2) is 8.83. The van der Waals surface area contributed by atoms with Crippen molar-refractivity contribution in [3.63, 3.8) is 0 Å². The summed E-state index contributed by atoms with van der Waals surface area (Å²) in [5, 5.41) is 0.0557. The highest BCUT2D eigenvalue weighted by Gasteiger charge is 2.27. The number of nitrogens with one attached hydrogen (secondary N) is 1. The number of para-hydroxylation sites is 1. The van der Waals surface area contributed by atoms with E-state index in [0.717, 1.165) is 35.6 Å². The molecule has 1 aliphatic heterocycles. The van der Waals surface area contributed by atoms with Crippen LogP contribution in [0.2, 0.25) is 0 Å². The average Bonchev–Trinajstić information content (AvgIpc) is 3.13. The first-order valence-electron chi connectivity index (χ1n) is 9.79. The summed E-state index contributed by atoms with van der Waals surface area (Å²) < 4.78 is 54.5. The second-order valence-electron chi connectivity index (χ2n) is 7.22. The Labute approximate surface area is 188 Å². The lowest BCUT2D eigenvalue weighted by molar-refractivity contribution is 0.0750. The van der Waals surface area contributed by atoms with Crippen LogP contribution in [0.25, 0.3) is 0 Å². The number of rotatable bonds is 5. The lowest BCUT2D eigenvalue weighted by Gasteiger charge is -2.36. The Morgan fingerprint density at radius 3 is 2.34 bits per heavy atom. The van der Waals surface area contributed by atoms with Gasteiger partial charge in [0, 0.05) is 26.2 Å². The van der Waals surface area contributed by atoms with Gasteiger partial charge in [0.05, 0.1) is 16.3 Å². The number of carbonyl (C=O) groups excluding carboxylic acids is 1. The molecule has 0 atom stereocenters. The van der Waals surface area contributed by atoms with Crippen molar-refractivity contribution < 1.29 is 22.0 Å². The summed E-state index contributed by atoms with van der Waals surface area (Å²) in [5.74, 6) is -1.10. The molecule has 1 fully saturated rings. The largest absolute Gasteiger partial charge is 0.366 e. The minimum Gasteiger partial charge on any atom is -0.366 e. The van der Waals surface area contributed by atoms with Crippen molar-refractivity contribution in [3.05, 3.63) is 70.7 Å². The van der Waals surface area contributed by atoms with Gasteiger partial charge in [0.1, 0.15) is 16.5 Å². The summed E-state index contributed by atoms with van der Waals surface area (Å²) in [6, 6.07) is 10.9. The summed E-state index contributed by atoms with van der Waals surface area (Å²) in [4.78, 5) is 20.9. The van der Waals surface area contributed by atoms with E-state index in [1.807, 2.05) is 4.90 Å². The molecule has 7 nitrogen and oxygen atoms in total. The maximum atomic E-state index is 14.0. The SMILES string of the molecule is Cc1nc(NS(=O)(=O)c2ccc(F)cc2)sc1C(=O)N1CCN(c2ccccc2F)CC1. The van der Waals surface area contributed by atoms with Crippen molar-refractivity contribution in [2.75, 3.05) is 35.8 Å². The molecule has 2 aromatic carbocycles. The molecular formula is C21H20F2N4O3S2. The van der Waals surface area contributed by atoms with Crippen molar-refractivity contribution in [1.29, 1.82) is 0 Å². The summed E-state index contributed by atoms with van der Waals surface area (Å²) in [7, 11) is -3.96. The molecule has 168 valence electrons. The van der Waals surface area contributed by atoms with Crippen LogP contribution in [0.1, 0.15) is 15.4 Å². The number of hydrogen-bond donors (Lipinski definition) is 1. The molecule has 1 amide bonds. The molecule has 1 N–H and O–H groups in total. The van der Waals surface area contributed by atoms with E-state index >= 15 is 0 Å². The number of piperazine rings is 1. The van der Waals surface area contributed by atoms with Crippen molar-refractivity contribution in [3.8, 4) is 0 Å². The predicted molar refractivity (Wildman–Crippen MR) is 119 cm³/mol. The number of nitrogens with zero attached hydrogens (tertiary/aromatic N) is 3. The lowest BCUT2D eigenvalue weighted by atomic mass is 10.2. The van der Waals surface area contributed by atoms with Crippen molar-refractivity contribution in [2.45, 2.75) is 11.8 Å². The summed E-state index contributed by atoms with van der Waals surface area (Å²) >= 11 is 0.945. The molecule has 0 radical (unpaired) electrons. The van der Waals surface area contributed by atoms with Gasteiger partial charge >= 0.3 is 0 Å². The topological polar surface area (TPSA) is 82.6 Å². The van der Waals surface area contributed by atoms with Gasteiger partial charge in [-0.2, -0.15) is 0 Å². The fourth-order valence-corrected chi connectivity index (χ4v) is 5.60. The monoisotopic (exact) mass is 478 g/mol. The van der Waals surface area contributed by atoms with E-state index in [1.54, 1.807) is 30.0 Å². The molecule has 0 bridgehead atoms. The number of anilines is 2. The van der Waals surface area contributed by atoms with E-state index in [1.165, 1.54) is 6.07 Å². The highest BCUT2D eigenvalue weighted by Crippen LogP contribution is 2.27. The van der Waals surface area contributed by atoms with Crippen LogP contribution in [0.5, 0.6) is 0 Å². The van der Waals surface area contributed by atoms with Gasteiger partial charge in [-0.3, -0.25) is 9.52 Å². The van der Waals surface area contributed by atoms with Crippen LogP contribution in [0.4, 0.5) is 19.6 Å². The minimum atomic E-state index is -3.96. The standard InChI is InChI=1S/C21H20F2N4O3S2/c1-14-19(31-21(24-14)25-32(29,30)16-8-6-15(22)7-9-16)20(28)27-12-10-26(11-13-27)18-5-3-2-4-17(18)23/h2-9H,10-13H2,1H3,(H,24,25). The van der Waals surface area contributed by atoms with E-state index in [0.29, 0.717) is 42.4 Å². The number of aryl methyl sites for hydroxylation is 1.